The Kier molecular flexibility index (Phi) is 3.06. The first-order valence-electron chi connectivity index (χ1n) is 6.53. The molecule has 0 bridgehead atoms. The van der Waals surface area contributed by atoms with Crippen LogP contribution in [0.25, 0.3) is 0 Å². The van der Waals surface area contributed by atoms with Crippen LogP contribution < -0.4 is 15.4 Å². The van der Waals surface area contributed by atoms with Gasteiger partial charge in [-0.2, -0.15) is 0 Å². The number of amides is 1. The molecule has 0 aliphatic carbocycles. The van der Waals surface area contributed by atoms with E-state index >= 15 is 0 Å². The molecule has 0 aromatic heterocycles. The van der Waals surface area contributed by atoms with Crippen molar-refractivity contribution < 1.29 is 9.53 Å². The Morgan fingerprint density at radius 2 is 2.05 bits per heavy atom. The van der Waals surface area contributed by atoms with Gasteiger partial charge in [0.15, 0.2) is 6.10 Å². The molecular formula is C16H16N2O2. The molecule has 0 saturated carbocycles. The van der Waals surface area contributed by atoms with E-state index in [2.05, 4.69) is 0 Å². The lowest BCUT2D eigenvalue weighted by molar-refractivity contribution is -0.124. The molecule has 0 fully saturated rings. The van der Waals surface area contributed by atoms with Crippen molar-refractivity contribution in [2.24, 2.45) is 0 Å². The molecule has 0 radical (unpaired) electrons. The molecule has 2 aromatic carbocycles. The van der Waals surface area contributed by atoms with E-state index in [0.717, 1.165) is 17.0 Å². The molecule has 20 heavy (non-hydrogen) atoms. The molecular weight excluding hydrogens is 252 g/mol. The summed E-state index contributed by atoms with van der Waals surface area (Å²) in [6.07, 6.45) is 0.153. The van der Waals surface area contributed by atoms with Gasteiger partial charge in [0.25, 0.3) is 5.91 Å². The SMILES string of the molecule is CN(C(=O)C1Cc2ccccc2O1)c1cccc(N)c1. The third-order valence-electron chi connectivity index (χ3n) is 3.51. The van der Waals surface area contributed by atoms with E-state index < -0.39 is 6.10 Å². The highest BCUT2D eigenvalue weighted by Gasteiger charge is 2.31. The minimum Gasteiger partial charge on any atom is -0.480 e. The summed E-state index contributed by atoms with van der Waals surface area (Å²) in [6, 6.07) is 15.0. The van der Waals surface area contributed by atoms with Crippen LogP contribution in [-0.4, -0.2) is 19.1 Å². The zero-order valence-corrected chi connectivity index (χ0v) is 11.2. The highest BCUT2D eigenvalue weighted by atomic mass is 16.5. The van der Waals surface area contributed by atoms with Gasteiger partial charge in [-0.1, -0.05) is 24.3 Å². The first-order valence-corrected chi connectivity index (χ1v) is 6.53. The van der Waals surface area contributed by atoms with E-state index in [9.17, 15) is 4.79 Å². The number of anilines is 2. The van der Waals surface area contributed by atoms with Crippen LogP contribution in [0.15, 0.2) is 48.5 Å². The number of para-hydroxylation sites is 1. The lowest BCUT2D eigenvalue weighted by atomic mass is 10.1. The Hall–Kier alpha value is -2.49. The van der Waals surface area contributed by atoms with Gasteiger partial charge in [0.05, 0.1) is 0 Å². The number of ether oxygens (including phenoxy) is 1. The average molecular weight is 268 g/mol. The van der Waals surface area contributed by atoms with Crippen LogP contribution in [0.5, 0.6) is 5.75 Å². The zero-order chi connectivity index (χ0) is 14.1. The van der Waals surface area contributed by atoms with Crippen molar-refractivity contribution in [1.29, 1.82) is 0 Å². The fourth-order valence-corrected chi connectivity index (χ4v) is 2.40. The van der Waals surface area contributed by atoms with Gasteiger partial charge in [-0.05, 0) is 29.8 Å². The van der Waals surface area contributed by atoms with Crippen molar-refractivity contribution in [2.45, 2.75) is 12.5 Å². The van der Waals surface area contributed by atoms with Gasteiger partial charge in [0.2, 0.25) is 0 Å². The normalized spacial score (nSPS) is 16.4. The van der Waals surface area contributed by atoms with E-state index in [-0.39, 0.29) is 5.91 Å². The molecule has 1 aliphatic rings. The second-order valence-corrected chi connectivity index (χ2v) is 4.91. The Morgan fingerprint density at radius 3 is 2.80 bits per heavy atom. The van der Waals surface area contributed by atoms with Crippen molar-refractivity contribution in [3.63, 3.8) is 0 Å². The maximum Gasteiger partial charge on any atom is 0.268 e. The lowest BCUT2D eigenvalue weighted by Crippen LogP contribution is -2.39. The van der Waals surface area contributed by atoms with Gasteiger partial charge < -0.3 is 15.4 Å². The molecule has 0 saturated heterocycles. The van der Waals surface area contributed by atoms with Crippen LogP contribution in [0.2, 0.25) is 0 Å². The molecule has 1 amide bonds. The molecule has 4 heteroatoms. The second-order valence-electron chi connectivity index (χ2n) is 4.91. The highest BCUT2D eigenvalue weighted by Crippen LogP contribution is 2.29. The van der Waals surface area contributed by atoms with Gasteiger partial charge >= 0.3 is 0 Å². The van der Waals surface area contributed by atoms with E-state index in [0.29, 0.717) is 12.1 Å². The fourth-order valence-electron chi connectivity index (χ4n) is 2.40. The van der Waals surface area contributed by atoms with Crippen molar-refractivity contribution in [1.82, 2.24) is 0 Å². The second kappa shape index (κ2) is 4.89. The Balaban J connectivity index is 1.78. The van der Waals surface area contributed by atoms with E-state index in [4.69, 9.17) is 10.5 Å². The molecule has 1 unspecified atom stereocenters. The Bertz CT molecular complexity index is 629. The Labute approximate surface area is 117 Å². The number of nitrogens with zero attached hydrogens (tertiary/aromatic N) is 1. The monoisotopic (exact) mass is 268 g/mol. The maximum atomic E-state index is 12.5. The number of likely N-dealkylation sites (N-methyl/N-ethyl adjacent to an activating group) is 1. The van der Waals surface area contributed by atoms with Gasteiger partial charge in [-0.25, -0.2) is 0 Å². The lowest BCUT2D eigenvalue weighted by Gasteiger charge is -2.21. The minimum absolute atomic E-state index is 0.0631. The number of hydrogen-bond donors (Lipinski definition) is 1. The summed E-state index contributed by atoms with van der Waals surface area (Å²) in [5.74, 6) is 0.735. The smallest absolute Gasteiger partial charge is 0.268 e. The van der Waals surface area contributed by atoms with Crippen molar-refractivity contribution in [3.8, 4) is 5.75 Å². The van der Waals surface area contributed by atoms with Crippen LogP contribution >= 0.6 is 0 Å². The van der Waals surface area contributed by atoms with Gasteiger partial charge in [-0.15, -0.1) is 0 Å². The highest BCUT2D eigenvalue weighted by molar-refractivity contribution is 5.97. The predicted octanol–water partition coefficient (Wildman–Crippen LogP) is 2.24. The number of carbonyl (C=O) groups is 1. The van der Waals surface area contributed by atoms with Crippen LogP contribution in [0.4, 0.5) is 11.4 Å². The van der Waals surface area contributed by atoms with Gasteiger partial charge in [-0.3, -0.25) is 4.79 Å². The van der Waals surface area contributed by atoms with Crippen LogP contribution in [0, 0.1) is 0 Å². The van der Waals surface area contributed by atoms with Crippen molar-refractivity contribution >= 4 is 17.3 Å². The molecule has 1 heterocycles. The number of hydrogen-bond acceptors (Lipinski definition) is 3. The van der Waals surface area contributed by atoms with Crippen LogP contribution in [0.1, 0.15) is 5.56 Å². The van der Waals surface area contributed by atoms with Crippen molar-refractivity contribution in [2.75, 3.05) is 17.7 Å². The first-order chi connectivity index (χ1) is 9.65. The molecule has 2 aromatic rings. The number of nitrogen functional groups attached to an aromatic ring is 1. The topological polar surface area (TPSA) is 55.6 Å². The summed E-state index contributed by atoms with van der Waals surface area (Å²) in [7, 11) is 1.74. The molecule has 102 valence electrons. The average Bonchev–Trinajstić information content (AvgIpc) is 2.89. The quantitative estimate of drug-likeness (QED) is 0.850. The standard InChI is InChI=1S/C16H16N2O2/c1-18(13-7-4-6-12(17)10-13)16(19)15-9-11-5-2-3-8-14(11)20-15/h2-8,10,15H,9,17H2,1H3. The van der Waals surface area contributed by atoms with Crippen LogP contribution in [0.3, 0.4) is 0 Å². The number of rotatable bonds is 2. The maximum absolute atomic E-state index is 12.5. The number of benzene rings is 2. The van der Waals surface area contributed by atoms with E-state index in [1.807, 2.05) is 36.4 Å². The summed E-state index contributed by atoms with van der Waals surface area (Å²) >= 11 is 0. The summed E-state index contributed by atoms with van der Waals surface area (Å²) in [4.78, 5) is 14.1. The summed E-state index contributed by atoms with van der Waals surface area (Å²) < 4.78 is 5.72. The van der Waals surface area contributed by atoms with E-state index in [1.165, 1.54) is 0 Å². The Morgan fingerprint density at radius 1 is 1.25 bits per heavy atom. The fraction of sp³-hybridized carbons (Fsp3) is 0.188. The third kappa shape index (κ3) is 2.20. The largest absolute Gasteiger partial charge is 0.480 e. The van der Waals surface area contributed by atoms with Gasteiger partial charge in [0, 0.05) is 24.8 Å². The van der Waals surface area contributed by atoms with Crippen molar-refractivity contribution in [3.05, 3.63) is 54.1 Å². The molecule has 3 rings (SSSR count). The third-order valence-corrected chi connectivity index (χ3v) is 3.51. The predicted molar refractivity (Wildman–Crippen MR) is 78.8 cm³/mol. The summed E-state index contributed by atoms with van der Waals surface area (Å²) in [5, 5.41) is 0. The van der Waals surface area contributed by atoms with E-state index in [1.54, 1.807) is 24.1 Å². The van der Waals surface area contributed by atoms with Gasteiger partial charge in [0.1, 0.15) is 5.75 Å². The molecule has 0 spiro atoms. The number of nitrogens with two attached hydrogens (primary N) is 1. The molecule has 1 atom stereocenters. The molecule has 4 nitrogen and oxygen atoms in total. The van der Waals surface area contributed by atoms with Crippen LogP contribution in [-0.2, 0) is 11.2 Å². The molecule has 1 aliphatic heterocycles. The first kappa shape index (κ1) is 12.5. The number of fused-ring (bicyclic) bond motifs is 1. The summed E-state index contributed by atoms with van der Waals surface area (Å²) in [6.45, 7) is 0. The summed E-state index contributed by atoms with van der Waals surface area (Å²) in [5.41, 5.74) is 8.24. The minimum atomic E-state index is -0.459. The number of carbonyl (C=O) groups excluding carboxylic acids is 1. The molecule has 2 N–H and O–H groups in total. The zero-order valence-electron chi connectivity index (χ0n) is 11.2.